The molecule has 30 heavy (non-hydrogen) atoms. The number of methoxy groups -OCH3 is 2. The zero-order valence-corrected chi connectivity index (χ0v) is 17.7. The molecular formula is C22H26N2O6. The number of hydrogen-bond acceptors (Lipinski definition) is 7. The fourth-order valence-corrected chi connectivity index (χ4v) is 2.90. The van der Waals surface area contributed by atoms with Crippen molar-refractivity contribution in [1.29, 1.82) is 0 Å². The maximum Gasteiger partial charge on any atom is 0.284 e. The molecule has 1 amide bonds. The van der Waals surface area contributed by atoms with E-state index in [2.05, 4.69) is 31.3 Å². The van der Waals surface area contributed by atoms with Crippen LogP contribution in [0.2, 0.25) is 0 Å². The minimum absolute atomic E-state index is 0.0515. The molecule has 2 N–H and O–H groups in total. The fraction of sp³-hybridized carbons (Fsp3) is 0.364. The van der Waals surface area contributed by atoms with Crippen LogP contribution in [0.15, 0.2) is 35.4 Å². The van der Waals surface area contributed by atoms with Crippen LogP contribution in [0.5, 0.6) is 28.7 Å². The van der Waals surface area contributed by atoms with Crippen LogP contribution in [0.25, 0.3) is 0 Å². The number of phenols is 1. The van der Waals surface area contributed by atoms with Crippen LogP contribution in [-0.2, 0) is 10.2 Å². The van der Waals surface area contributed by atoms with Crippen molar-refractivity contribution in [1.82, 2.24) is 5.43 Å². The molecule has 2 aromatic carbocycles. The quantitative estimate of drug-likeness (QED) is 0.577. The van der Waals surface area contributed by atoms with Crippen molar-refractivity contribution in [2.45, 2.75) is 32.3 Å². The summed E-state index contributed by atoms with van der Waals surface area (Å²) in [5, 5.41) is 13.9. The number of hydrogen-bond donors (Lipinski definition) is 2. The monoisotopic (exact) mass is 414 g/mol. The Morgan fingerprint density at radius 1 is 1.17 bits per heavy atom. The lowest BCUT2D eigenvalue weighted by molar-refractivity contribution is -0.130. The molecule has 3 rings (SSSR count). The summed E-state index contributed by atoms with van der Waals surface area (Å²) in [6.07, 6.45) is 0.589. The first-order valence-electron chi connectivity index (χ1n) is 9.45. The van der Waals surface area contributed by atoms with Crippen molar-refractivity contribution in [3.8, 4) is 28.7 Å². The average Bonchev–Trinajstić information content (AvgIpc) is 2.73. The molecule has 0 aromatic heterocycles. The van der Waals surface area contributed by atoms with Gasteiger partial charge in [-0.1, -0.05) is 26.8 Å². The Morgan fingerprint density at radius 3 is 2.43 bits per heavy atom. The predicted octanol–water partition coefficient (Wildman–Crippen LogP) is 3.00. The van der Waals surface area contributed by atoms with E-state index in [4.69, 9.17) is 18.9 Å². The van der Waals surface area contributed by atoms with Crippen LogP contribution >= 0.6 is 0 Å². The number of carbonyl (C=O) groups excluding carboxylic acids is 1. The molecule has 1 atom stereocenters. The summed E-state index contributed by atoms with van der Waals surface area (Å²) in [5.74, 6) is 1.07. The van der Waals surface area contributed by atoms with Crippen molar-refractivity contribution >= 4 is 12.1 Å². The van der Waals surface area contributed by atoms with E-state index >= 15 is 0 Å². The molecular weight excluding hydrogens is 388 g/mol. The molecule has 0 saturated heterocycles. The third-order valence-electron chi connectivity index (χ3n) is 4.65. The Morgan fingerprint density at radius 2 is 1.83 bits per heavy atom. The first-order valence-corrected chi connectivity index (χ1v) is 9.45. The van der Waals surface area contributed by atoms with Crippen molar-refractivity contribution in [2.24, 2.45) is 5.10 Å². The molecule has 1 aliphatic heterocycles. The van der Waals surface area contributed by atoms with Gasteiger partial charge in [-0.15, -0.1) is 0 Å². The first-order chi connectivity index (χ1) is 14.2. The molecule has 0 fully saturated rings. The minimum Gasteiger partial charge on any atom is -0.502 e. The van der Waals surface area contributed by atoms with Gasteiger partial charge in [-0.25, -0.2) is 5.43 Å². The van der Waals surface area contributed by atoms with E-state index in [-0.39, 0.29) is 29.3 Å². The lowest BCUT2D eigenvalue weighted by Gasteiger charge is -2.27. The van der Waals surface area contributed by atoms with Gasteiger partial charge in [0.25, 0.3) is 5.91 Å². The molecule has 0 saturated carbocycles. The van der Waals surface area contributed by atoms with E-state index in [0.29, 0.717) is 17.1 Å². The van der Waals surface area contributed by atoms with E-state index in [1.807, 2.05) is 18.2 Å². The number of carbonyl (C=O) groups is 1. The molecule has 1 heterocycles. The average molecular weight is 414 g/mol. The van der Waals surface area contributed by atoms with Gasteiger partial charge in [-0.05, 0) is 35.2 Å². The number of benzene rings is 2. The molecule has 0 radical (unpaired) electrons. The Labute approximate surface area is 175 Å². The number of nitrogens with one attached hydrogen (secondary N) is 1. The van der Waals surface area contributed by atoms with Gasteiger partial charge in [0.05, 0.1) is 20.4 Å². The fourth-order valence-electron chi connectivity index (χ4n) is 2.90. The van der Waals surface area contributed by atoms with Gasteiger partial charge in [-0.2, -0.15) is 5.10 Å². The summed E-state index contributed by atoms with van der Waals surface area (Å²) < 4.78 is 21.7. The maximum absolute atomic E-state index is 12.5. The highest BCUT2D eigenvalue weighted by molar-refractivity contribution is 5.86. The van der Waals surface area contributed by atoms with Crippen LogP contribution in [0.3, 0.4) is 0 Å². The molecule has 8 nitrogen and oxygen atoms in total. The van der Waals surface area contributed by atoms with Crippen molar-refractivity contribution in [3.05, 3.63) is 41.5 Å². The summed E-state index contributed by atoms with van der Waals surface area (Å²) in [7, 11) is 2.86. The van der Waals surface area contributed by atoms with E-state index in [9.17, 15) is 9.90 Å². The van der Waals surface area contributed by atoms with Gasteiger partial charge in [0.2, 0.25) is 11.9 Å². The van der Waals surface area contributed by atoms with E-state index in [1.165, 1.54) is 20.4 Å². The van der Waals surface area contributed by atoms with Crippen LogP contribution in [0.4, 0.5) is 0 Å². The molecule has 0 aliphatic carbocycles. The lowest BCUT2D eigenvalue weighted by atomic mass is 9.87. The molecule has 160 valence electrons. The Balaban J connectivity index is 1.68. The number of rotatable bonds is 5. The number of amides is 1. The van der Waals surface area contributed by atoms with Crippen molar-refractivity contribution < 1.29 is 28.8 Å². The number of ether oxygens (including phenoxy) is 4. The number of hydrazone groups is 1. The number of phenolic OH excluding ortho intramolecular Hbond substituents is 1. The molecule has 0 bridgehead atoms. The third kappa shape index (κ3) is 4.59. The smallest absolute Gasteiger partial charge is 0.284 e. The molecule has 8 heteroatoms. The zero-order chi connectivity index (χ0) is 21.9. The SMILES string of the molecule is COc1cc(/C=N/NC(=O)[C@H]2COc3ccc(C(C)(C)C)cc3O2)cc(OC)c1O. The zero-order valence-electron chi connectivity index (χ0n) is 17.7. The van der Waals surface area contributed by atoms with Gasteiger partial charge < -0.3 is 24.1 Å². The van der Waals surface area contributed by atoms with Crippen molar-refractivity contribution in [3.63, 3.8) is 0 Å². The summed E-state index contributed by atoms with van der Waals surface area (Å²) in [5.41, 5.74) is 4.05. The second-order valence-electron chi connectivity index (χ2n) is 7.84. The molecule has 0 unspecified atom stereocenters. The Bertz CT molecular complexity index is 940. The van der Waals surface area contributed by atoms with Gasteiger partial charge in [0.15, 0.2) is 23.0 Å². The molecule has 0 spiro atoms. The maximum atomic E-state index is 12.5. The van der Waals surface area contributed by atoms with Gasteiger partial charge in [0, 0.05) is 5.56 Å². The normalized spacial score (nSPS) is 15.7. The van der Waals surface area contributed by atoms with E-state index < -0.39 is 12.0 Å². The predicted molar refractivity (Wildman–Crippen MR) is 112 cm³/mol. The molecule has 1 aliphatic rings. The standard InChI is InChI=1S/C22H26N2O6/c1-22(2,3)14-6-7-15-16(10-14)30-19(12-29-15)21(26)24-23-11-13-8-17(27-4)20(25)18(9-13)28-5/h6-11,19,25H,12H2,1-5H3,(H,24,26)/b23-11+/t19-/m1/s1. The minimum atomic E-state index is -0.825. The van der Waals surface area contributed by atoms with Crippen LogP contribution < -0.4 is 24.4 Å². The number of aromatic hydroxyl groups is 1. The summed E-state index contributed by atoms with van der Waals surface area (Å²) in [6.45, 7) is 6.39. The van der Waals surface area contributed by atoms with Crippen LogP contribution in [0, 0.1) is 0 Å². The highest BCUT2D eigenvalue weighted by Crippen LogP contribution is 2.37. The Kier molecular flexibility index (Phi) is 6.05. The van der Waals surface area contributed by atoms with E-state index in [1.54, 1.807) is 12.1 Å². The van der Waals surface area contributed by atoms with Gasteiger partial charge in [-0.3, -0.25) is 4.79 Å². The topological polar surface area (TPSA) is 98.6 Å². The lowest BCUT2D eigenvalue weighted by Crippen LogP contribution is -2.42. The molecule has 2 aromatic rings. The van der Waals surface area contributed by atoms with Gasteiger partial charge >= 0.3 is 0 Å². The second kappa shape index (κ2) is 8.52. The van der Waals surface area contributed by atoms with Crippen molar-refractivity contribution in [2.75, 3.05) is 20.8 Å². The number of nitrogens with zero attached hydrogens (tertiary/aromatic N) is 1. The van der Waals surface area contributed by atoms with Crippen LogP contribution in [-0.4, -0.2) is 44.2 Å². The highest BCUT2D eigenvalue weighted by atomic mass is 16.6. The summed E-state index contributed by atoms with van der Waals surface area (Å²) in [6, 6.07) is 8.88. The Hall–Kier alpha value is -3.42. The third-order valence-corrected chi connectivity index (χ3v) is 4.65. The first kappa shape index (κ1) is 21.3. The van der Waals surface area contributed by atoms with E-state index in [0.717, 1.165) is 5.56 Å². The summed E-state index contributed by atoms with van der Waals surface area (Å²) in [4.78, 5) is 12.5. The van der Waals surface area contributed by atoms with Gasteiger partial charge in [0.1, 0.15) is 6.61 Å². The largest absolute Gasteiger partial charge is 0.502 e. The van der Waals surface area contributed by atoms with Crippen LogP contribution in [0.1, 0.15) is 31.9 Å². The number of fused-ring (bicyclic) bond motifs is 1. The second-order valence-corrected chi connectivity index (χ2v) is 7.84. The highest BCUT2D eigenvalue weighted by Gasteiger charge is 2.28. The summed E-state index contributed by atoms with van der Waals surface area (Å²) >= 11 is 0.